The van der Waals surface area contributed by atoms with Gasteiger partial charge < -0.3 is 9.80 Å². The topological polar surface area (TPSA) is 49.3 Å². The summed E-state index contributed by atoms with van der Waals surface area (Å²) in [6.07, 6.45) is 5.79. The van der Waals surface area contributed by atoms with E-state index in [0.717, 1.165) is 60.3 Å². The number of hydrogen-bond acceptors (Lipinski definition) is 4. The fourth-order valence-electron chi connectivity index (χ4n) is 5.19. The normalized spacial score (nSPS) is 20.2. The molecule has 2 aromatic carbocycles. The molecule has 0 spiro atoms. The minimum Gasteiger partial charge on any atom is -0.348 e. The summed E-state index contributed by atoms with van der Waals surface area (Å²) in [4.78, 5) is 17.5. The molecule has 3 aromatic rings. The van der Waals surface area contributed by atoms with Crippen molar-refractivity contribution in [2.45, 2.75) is 45.1 Å². The average molecular weight is 415 g/mol. The summed E-state index contributed by atoms with van der Waals surface area (Å²) in [6.45, 7) is 4.51. The van der Waals surface area contributed by atoms with Gasteiger partial charge in [0.15, 0.2) is 5.82 Å². The molecule has 2 fully saturated rings. The number of aromatic nitrogens is 2. The monoisotopic (exact) mass is 414 g/mol. The largest absolute Gasteiger partial charge is 0.348 e. The zero-order chi connectivity index (χ0) is 21.2. The lowest BCUT2D eigenvalue weighted by Gasteiger charge is -2.42. The van der Waals surface area contributed by atoms with Crippen molar-refractivity contribution in [1.29, 1.82) is 0 Å². The standard InChI is InChI=1S/C26H30N4O/c1-19-18-29(26(31)21-12-6-3-7-13-21)16-17-30(19)25-23-15-9-8-14-22(23)24(27-28-25)20-10-4-2-5-11-20/h2,4-5,8-11,14-15,19,21H,3,6-7,12-13,16-18H2,1H3/t19-/m1/s1. The van der Waals surface area contributed by atoms with Gasteiger partial charge in [-0.15, -0.1) is 10.2 Å². The molecule has 0 radical (unpaired) electrons. The van der Waals surface area contributed by atoms with Gasteiger partial charge in [0, 0.05) is 47.9 Å². The number of nitrogens with zero attached hydrogens (tertiary/aromatic N) is 4. The molecule has 31 heavy (non-hydrogen) atoms. The maximum absolute atomic E-state index is 13.0. The maximum Gasteiger partial charge on any atom is 0.225 e. The summed E-state index contributed by atoms with van der Waals surface area (Å²) in [7, 11) is 0. The Labute approximate surface area is 184 Å². The molecule has 0 N–H and O–H groups in total. The minimum atomic E-state index is 0.210. The lowest BCUT2D eigenvalue weighted by molar-refractivity contribution is -0.137. The van der Waals surface area contributed by atoms with Crippen molar-refractivity contribution in [3.8, 4) is 11.3 Å². The number of amides is 1. The molecular formula is C26H30N4O. The summed E-state index contributed by atoms with van der Waals surface area (Å²) in [6, 6.07) is 18.8. The molecule has 2 aliphatic rings. The van der Waals surface area contributed by atoms with E-state index in [1.807, 2.05) is 18.2 Å². The van der Waals surface area contributed by atoms with Crippen molar-refractivity contribution in [1.82, 2.24) is 15.1 Å². The van der Waals surface area contributed by atoms with Crippen LogP contribution in [0.2, 0.25) is 0 Å². The Balaban J connectivity index is 1.41. The highest BCUT2D eigenvalue weighted by molar-refractivity contribution is 6.00. The van der Waals surface area contributed by atoms with Crippen LogP contribution < -0.4 is 4.90 Å². The van der Waals surface area contributed by atoms with Crippen LogP contribution in [0.25, 0.3) is 22.0 Å². The zero-order valence-electron chi connectivity index (χ0n) is 18.2. The number of anilines is 1. The van der Waals surface area contributed by atoms with E-state index < -0.39 is 0 Å². The Morgan fingerprint density at radius 1 is 0.871 bits per heavy atom. The molecule has 0 bridgehead atoms. The van der Waals surface area contributed by atoms with Crippen LogP contribution in [0.5, 0.6) is 0 Å². The predicted molar refractivity (Wildman–Crippen MR) is 125 cm³/mol. The van der Waals surface area contributed by atoms with E-state index in [1.54, 1.807) is 0 Å². The van der Waals surface area contributed by atoms with Crippen LogP contribution in [-0.2, 0) is 4.79 Å². The number of rotatable bonds is 3. The van der Waals surface area contributed by atoms with Gasteiger partial charge >= 0.3 is 0 Å². The van der Waals surface area contributed by atoms with Gasteiger partial charge in [0.1, 0.15) is 5.69 Å². The molecule has 5 rings (SSSR count). The van der Waals surface area contributed by atoms with Crippen molar-refractivity contribution in [3.05, 3.63) is 54.6 Å². The third kappa shape index (κ3) is 3.89. The van der Waals surface area contributed by atoms with E-state index in [1.165, 1.54) is 19.3 Å². The number of hydrogen-bond donors (Lipinski definition) is 0. The van der Waals surface area contributed by atoms with Gasteiger partial charge in [0.25, 0.3) is 0 Å². The number of fused-ring (bicyclic) bond motifs is 1. The van der Waals surface area contributed by atoms with Gasteiger partial charge in [-0.2, -0.15) is 0 Å². The van der Waals surface area contributed by atoms with Crippen LogP contribution in [0.15, 0.2) is 54.6 Å². The second kappa shape index (κ2) is 8.66. The summed E-state index contributed by atoms with van der Waals surface area (Å²) >= 11 is 0. The summed E-state index contributed by atoms with van der Waals surface area (Å²) in [5.41, 5.74) is 1.99. The second-order valence-electron chi connectivity index (χ2n) is 8.95. The minimum absolute atomic E-state index is 0.210. The van der Waals surface area contributed by atoms with Crippen LogP contribution in [0.3, 0.4) is 0 Å². The lowest BCUT2D eigenvalue weighted by Crippen LogP contribution is -2.55. The van der Waals surface area contributed by atoms with E-state index in [-0.39, 0.29) is 12.0 Å². The Kier molecular flexibility index (Phi) is 5.58. The predicted octanol–water partition coefficient (Wildman–Crippen LogP) is 4.91. The number of carbonyl (C=O) groups is 1. The van der Waals surface area contributed by atoms with Crippen LogP contribution in [0.4, 0.5) is 5.82 Å². The Hall–Kier alpha value is -2.95. The molecule has 1 atom stereocenters. The first-order chi connectivity index (χ1) is 15.2. The van der Waals surface area contributed by atoms with Crippen molar-refractivity contribution < 1.29 is 4.79 Å². The molecule has 1 saturated carbocycles. The fraction of sp³-hybridized carbons (Fsp3) is 0.423. The molecule has 0 unspecified atom stereocenters. The summed E-state index contributed by atoms with van der Waals surface area (Å²) in [5.74, 6) is 1.52. The van der Waals surface area contributed by atoms with Gasteiger partial charge in [-0.1, -0.05) is 73.9 Å². The van der Waals surface area contributed by atoms with Gasteiger partial charge in [-0.25, -0.2) is 0 Å². The van der Waals surface area contributed by atoms with Gasteiger partial charge in [0.2, 0.25) is 5.91 Å². The van der Waals surface area contributed by atoms with E-state index >= 15 is 0 Å². The first-order valence-corrected chi connectivity index (χ1v) is 11.6. The molecule has 1 amide bonds. The second-order valence-corrected chi connectivity index (χ2v) is 8.95. The third-order valence-corrected chi connectivity index (χ3v) is 6.88. The summed E-state index contributed by atoms with van der Waals surface area (Å²) in [5, 5.41) is 11.6. The quantitative estimate of drug-likeness (QED) is 0.611. The molecular weight excluding hydrogens is 384 g/mol. The summed E-state index contributed by atoms with van der Waals surface area (Å²) < 4.78 is 0. The molecule has 5 nitrogen and oxygen atoms in total. The van der Waals surface area contributed by atoms with Gasteiger partial charge in [0.05, 0.1) is 0 Å². The Morgan fingerprint density at radius 2 is 1.58 bits per heavy atom. The van der Waals surface area contributed by atoms with E-state index in [0.29, 0.717) is 5.91 Å². The molecule has 160 valence electrons. The molecule has 2 heterocycles. The Bertz CT molecular complexity index is 1060. The zero-order valence-corrected chi connectivity index (χ0v) is 18.2. The van der Waals surface area contributed by atoms with Crippen LogP contribution in [-0.4, -0.2) is 46.7 Å². The highest BCUT2D eigenvalue weighted by atomic mass is 16.2. The number of piperazine rings is 1. The number of benzene rings is 2. The van der Waals surface area contributed by atoms with E-state index in [2.05, 4.69) is 63.3 Å². The van der Waals surface area contributed by atoms with Crippen molar-refractivity contribution in [3.63, 3.8) is 0 Å². The van der Waals surface area contributed by atoms with Crippen LogP contribution in [0.1, 0.15) is 39.0 Å². The van der Waals surface area contributed by atoms with Crippen LogP contribution >= 0.6 is 0 Å². The van der Waals surface area contributed by atoms with Crippen molar-refractivity contribution in [2.75, 3.05) is 24.5 Å². The average Bonchev–Trinajstić information content (AvgIpc) is 2.84. The first kappa shape index (κ1) is 20.0. The van der Waals surface area contributed by atoms with E-state index in [4.69, 9.17) is 0 Å². The molecule has 1 aliphatic carbocycles. The Morgan fingerprint density at radius 3 is 2.32 bits per heavy atom. The first-order valence-electron chi connectivity index (χ1n) is 11.6. The maximum atomic E-state index is 13.0. The fourth-order valence-corrected chi connectivity index (χ4v) is 5.19. The van der Waals surface area contributed by atoms with Crippen molar-refractivity contribution >= 4 is 22.5 Å². The van der Waals surface area contributed by atoms with Crippen LogP contribution in [0, 0.1) is 5.92 Å². The molecule has 1 saturated heterocycles. The van der Waals surface area contributed by atoms with Crippen molar-refractivity contribution in [2.24, 2.45) is 5.92 Å². The molecule has 1 aliphatic heterocycles. The lowest BCUT2D eigenvalue weighted by atomic mass is 9.88. The van der Waals surface area contributed by atoms with Gasteiger partial charge in [-0.05, 0) is 19.8 Å². The van der Waals surface area contributed by atoms with E-state index in [9.17, 15) is 4.79 Å². The smallest absolute Gasteiger partial charge is 0.225 e. The molecule has 1 aromatic heterocycles. The molecule has 5 heteroatoms. The van der Waals surface area contributed by atoms with Gasteiger partial charge in [-0.3, -0.25) is 4.79 Å². The number of carbonyl (C=O) groups excluding carboxylic acids is 1. The third-order valence-electron chi connectivity index (χ3n) is 6.88. The highest BCUT2D eigenvalue weighted by Crippen LogP contribution is 2.33. The highest BCUT2D eigenvalue weighted by Gasteiger charge is 2.32. The SMILES string of the molecule is C[C@@H]1CN(C(=O)C2CCCCC2)CCN1c1nnc(-c2ccccc2)c2ccccc12.